The van der Waals surface area contributed by atoms with Crippen molar-refractivity contribution in [3.63, 3.8) is 0 Å². The van der Waals surface area contributed by atoms with Crippen LogP contribution in [0.25, 0.3) is 11.3 Å². The van der Waals surface area contributed by atoms with Crippen LogP contribution in [-0.4, -0.2) is 12.1 Å². The fourth-order valence-electron chi connectivity index (χ4n) is 1.51. The lowest BCUT2D eigenvalue weighted by atomic mass is 10.1. The maximum Gasteiger partial charge on any atom is 0.213 e. The van der Waals surface area contributed by atoms with Gasteiger partial charge in [-0.2, -0.15) is 0 Å². The summed E-state index contributed by atoms with van der Waals surface area (Å²) in [6.45, 7) is 2.05. The van der Waals surface area contributed by atoms with Crippen molar-refractivity contribution in [1.82, 2.24) is 4.98 Å². The molecule has 15 heavy (non-hydrogen) atoms. The molecule has 0 spiro atoms. The number of nitrogens with zero attached hydrogens (tertiary/aromatic N) is 1. The van der Waals surface area contributed by atoms with Gasteiger partial charge in [-0.15, -0.1) is 0 Å². The number of hydrogen-bond donors (Lipinski definition) is 0. The molecule has 2 aromatic rings. The van der Waals surface area contributed by atoms with Crippen LogP contribution < -0.4 is 4.74 Å². The fourth-order valence-corrected chi connectivity index (χ4v) is 1.51. The molecule has 76 valence electrons. The first-order valence-corrected chi connectivity index (χ1v) is 4.88. The van der Waals surface area contributed by atoms with Crippen LogP contribution in [0.15, 0.2) is 42.5 Å². The number of benzene rings is 1. The lowest BCUT2D eigenvalue weighted by molar-refractivity contribution is 0.398. The van der Waals surface area contributed by atoms with Crippen molar-refractivity contribution in [3.8, 4) is 17.1 Å². The summed E-state index contributed by atoms with van der Waals surface area (Å²) in [4.78, 5) is 4.44. The van der Waals surface area contributed by atoms with Gasteiger partial charge in [-0.1, -0.05) is 36.4 Å². The Morgan fingerprint density at radius 1 is 1.00 bits per heavy atom. The molecule has 2 rings (SSSR count). The number of pyridine rings is 1. The normalized spacial score (nSPS) is 10.0. The minimum absolute atomic E-state index is 0.652. The van der Waals surface area contributed by atoms with Crippen molar-refractivity contribution in [1.29, 1.82) is 0 Å². The molecular weight excluding hydrogens is 186 g/mol. The van der Waals surface area contributed by atoms with Crippen molar-refractivity contribution in [3.05, 3.63) is 48.0 Å². The number of methoxy groups -OCH3 is 1. The summed E-state index contributed by atoms with van der Waals surface area (Å²) in [5, 5.41) is 0. The summed E-state index contributed by atoms with van der Waals surface area (Å²) in [5.41, 5.74) is 3.26. The van der Waals surface area contributed by atoms with E-state index in [4.69, 9.17) is 4.74 Å². The molecule has 0 fully saturated rings. The predicted octanol–water partition coefficient (Wildman–Crippen LogP) is 3.07. The summed E-state index contributed by atoms with van der Waals surface area (Å²) >= 11 is 0. The standard InChI is InChI=1S/C13H13NO/c1-10-8-9-12(15-2)14-13(10)11-6-4-3-5-7-11/h3-9H,1-2H3. The lowest BCUT2D eigenvalue weighted by Gasteiger charge is -2.06. The van der Waals surface area contributed by atoms with Crippen LogP contribution in [0.3, 0.4) is 0 Å². The van der Waals surface area contributed by atoms with Gasteiger partial charge in [0.1, 0.15) is 0 Å². The van der Waals surface area contributed by atoms with Crippen LogP contribution >= 0.6 is 0 Å². The van der Waals surface area contributed by atoms with E-state index in [0.29, 0.717) is 5.88 Å². The Morgan fingerprint density at radius 2 is 1.73 bits per heavy atom. The second-order valence-corrected chi connectivity index (χ2v) is 3.39. The van der Waals surface area contributed by atoms with E-state index in [0.717, 1.165) is 16.8 Å². The molecule has 0 aliphatic carbocycles. The monoisotopic (exact) mass is 199 g/mol. The van der Waals surface area contributed by atoms with E-state index < -0.39 is 0 Å². The van der Waals surface area contributed by atoms with Gasteiger partial charge >= 0.3 is 0 Å². The summed E-state index contributed by atoms with van der Waals surface area (Å²) in [6.07, 6.45) is 0. The molecule has 0 atom stereocenters. The van der Waals surface area contributed by atoms with Crippen molar-refractivity contribution < 1.29 is 4.74 Å². The van der Waals surface area contributed by atoms with Gasteiger partial charge < -0.3 is 4.74 Å². The van der Waals surface area contributed by atoms with Crippen LogP contribution in [0.5, 0.6) is 5.88 Å². The highest BCUT2D eigenvalue weighted by molar-refractivity contribution is 5.63. The molecule has 0 aliphatic heterocycles. The largest absolute Gasteiger partial charge is 0.481 e. The highest BCUT2D eigenvalue weighted by atomic mass is 16.5. The molecule has 1 aromatic heterocycles. The SMILES string of the molecule is COc1ccc(C)c(-c2ccccc2)n1. The fraction of sp³-hybridized carbons (Fsp3) is 0.154. The number of ether oxygens (including phenoxy) is 1. The maximum atomic E-state index is 5.12. The van der Waals surface area contributed by atoms with Gasteiger partial charge in [-0.05, 0) is 12.5 Å². The molecular formula is C13H13NO. The first-order chi connectivity index (χ1) is 7.31. The third-order valence-electron chi connectivity index (χ3n) is 2.33. The molecule has 0 aliphatic rings. The predicted molar refractivity (Wildman–Crippen MR) is 61.0 cm³/mol. The molecule has 2 heteroatoms. The molecule has 0 amide bonds. The van der Waals surface area contributed by atoms with E-state index in [9.17, 15) is 0 Å². The summed E-state index contributed by atoms with van der Waals surface area (Å²) in [5.74, 6) is 0.652. The summed E-state index contributed by atoms with van der Waals surface area (Å²) in [6, 6.07) is 14.0. The highest BCUT2D eigenvalue weighted by Gasteiger charge is 2.04. The minimum atomic E-state index is 0.652. The Bertz CT molecular complexity index is 451. The van der Waals surface area contributed by atoms with Crippen molar-refractivity contribution in [2.24, 2.45) is 0 Å². The number of hydrogen-bond acceptors (Lipinski definition) is 2. The molecule has 0 unspecified atom stereocenters. The first-order valence-electron chi connectivity index (χ1n) is 4.88. The van der Waals surface area contributed by atoms with E-state index in [1.54, 1.807) is 7.11 Å². The Balaban J connectivity index is 2.52. The zero-order valence-corrected chi connectivity index (χ0v) is 8.90. The Kier molecular flexibility index (Phi) is 2.68. The first kappa shape index (κ1) is 9.71. The van der Waals surface area contributed by atoms with Crippen LogP contribution in [0.2, 0.25) is 0 Å². The number of rotatable bonds is 2. The molecule has 1 aromatic carbocycles. The molecule has 0 radical (unpaired) electrons. The quantitative estimate of drug-likeness (QED) is 0.741. The lowest BCUT2D eigenvalue weighted by Crippen LogP contribution is -1.92. The average molecular weight is 199 g/mol. The molecule has 2 nitrogen and oxygen atoms in total. The van der Waals surface area contributed by atoms with Gasteiger partial charge in [0.25, 0.3) is 0 Å². The van der Waals surface area contributed by atoms with Gasteiger partial charge in [0.15, 0.2) is 0 Å². The molecule has 0 saturated heterocycles. The van der Waals surface area contributed by atoms with Crippen molar-refractivity contribution in [2.75, 3.05) is 7.11 Å². The second-order valence-electron chi connectivity index (χ2n) is 3.39. The van der Waals surface area contributed by atoms with Gasteiger partial charge in [-0.3, -0.25) is 0 Å². The Morgan fingerprint density at radius 3 is 2.40 bits per heavy atom. The smallest absolute Gasteiger partial charge is 0.213 e. The van der Waals surface area contributed by atoms with Crippen LogP contribution in [0.4, 0.5) is 0 Å². The van der Waals surface area contributed by atoms with E-state index in [2.05, 4.69) is 24.0 Å². The van der Waals surface area contributed by atoms with Gasteiger partial charge in [0, 0.05) is 11.6 Å². The Hall–Kier alpha value is -1.83. The van der Waals surface area contributed by atoms with Gasteiger partial charge in [0.2, 0.25) is 5.88 Å². The summed E-state index contributed by atoms with van der Waals surface area (Å²) in [7, 11) is 1.63. The Labute approximate surface area is 89.6 Å². The van der Waals surface area contributed by atoms with E-state index in [-0.39, 0.29) is 0 Å². The maximum absolute atomic E-state index is 5.12. The van der Waals surface area contributed by atoms with E-state index >= 15 is 0 Å². The average Bonchev–Trinajstić information content (AvgIpc) is 2.31. The topological polar surface area (TPSA) is 22.1 Å². The van der Waals surface area contributed by atoms with Crippen LogP contribution in [-0.2, 0) is 0 Å². The minimum Gasteiger partial charge on any atom is -0.481 e. The van der Waals surface area contributed by atoms with Gasteiger partial charge in [0.05, 0.1) is 12.8 Å². The number of aryl methyl sites for hydroxylation is 1. The van der Waals surface area contributed by atoms with Crippen LogP contribution in [0, 0.1) is 6.92 Å². The second kappa shape index (κ2) is 4.13. The van der Waals surface area contributed by atoms with Crippen molar-refractivity contribution >= 4 is 0 Å². The molecule has 0 N–H and O–H groups in total. The van der Waals surface area contributed by atoms with Gasteiger partial charge in [-0.25, -0.2) is 4.98 Å². The number of aromatic nitrogens is 1. The van der Waals surface area contributed by atoms with E-state index in [1.165, 1.54) is 0 Å². The zero-order chi connectivity index (χ0) is 10.7. The third kappa shape index (κ3) is 1.99. The molecule has 1 heterocycles. The molecule has 0 saturated carbocycles. The third-order valence-corrected chi connectivity index (χ3v) is 2.33. The van der Waals surface area contributed by atoms with Crippen LogP contribution in [0.1, 0.15) is 5.56 Å². The van der Waals surface area contributed by atoms with Crippen molar-refractivity contribution in [2.45, 2.75) is 6.92 Å². The summed E-state index contributed by atoms with van der Waals surface area (Å²) < 4.78 is 5.12. The van der Waals surface area contributed by atoms with E-state index in [1.807, 2.05) is 30.3 Å². The zero-order valence-electron chi connectivity index (χ0n) is 8.90. The highest BCUT2D eigenvalue weighted by Crippen LogP contribution is 2.23. The molecule has 0 bridgehead atoms.